The molecule has 0 aliphatic carbocycles. The van der Waals surface area contributed by atoms with Crippen LogP contribution in [0.1, 0.15) is 31.3 Å². The summed E-state index contributed by atoms with van der Waals surface area (Å²) in [4.78, 5) is 19.2. The lowest BCUT2D eigenvalue weighted by Gasteiger charge is -2.20. The summed E-state index contributed by atoms with van der Waals surface area (Å²) in [6.45, 7) is 5.61. The molecule has 1 amide bonds. The van der Waals surface area contributed by atoms with Gasteiger partial charge in [-0.05, 0) is 20.8 Å². The minimum Gasteiger partial charge on any atom is -0.289 e. The molecule has 0 saturated heterocycles. The Bertz CT molecular complexity index is 648. The number of hydrogen-bond donors (Lipinski definition) is 1. The van der Waals surface area contributed by atoms with Crippen molar-refractivity contribution in [2.45, 2.75) is 26.3 Å². The van der Waals surface area contributed by atoms with Gasteiger partial charge >= 0.3 is 0 Å². The average molecular weight is 281 g/mol. The third kappa shape index (κ3) is 2.79. The van der Waals surface area contributed by atoms with Crippen LogP contribution in [0.3, 0.4) is 0 Å². The van der Waals surface area contributed by atoms with Gasteiger partial charge in [-0.2, -0.15) is 10.1 Å². The van der Waals surface area contributed by atoms with Crippen molar-refractivity contribution in [1.82, 2.24) is 19.7 Å². The largest absolute Gasteiger partial charge is 0.289 e. The lowest BCUT2D eigenvalue weighted by molar-refractivity contribution is 0.101. The number of aromatic nitrogens is 4. The van der Waals surface area contributed by atoms with Gasteiger partial charge in [0.25, 0.3) is 5.91 Å². The van der Waals surface area contributed by atoms with Gasteiger partial charge in [0.05, 0.1) is 11.7 Å². The van der Waals surface area contributed by atoms with Crippen LogP contribution < -0.4 is 5.32 Å². The van der Waals surface area contributed by atoms with Crippen LogP contribution in [0.2, 0.25) is 0 Å². The quantitative estimate of drug-likeness (QED) is 0.913. The summed E-state index contributed by atoms with van der Waals surface area (Å²) >= 11 is 0. The molecule has 0 fully saturated rings. The molecule has 20 heavy (non-hydrogen) atoms. The topological polar surface area (TPSA) is 72.7 Å². The Morgan fingerprint density at radius 3 is 2.60 bits per heavy atom. The molecule has 2 rings (SSSR count). The highest BCUT2D eigenvalue weighted by atomic mass is 19.1. The second kappa shape index (κ2) is 4.95. The molecule has 1 N–H and O–H groups in total. The van der Waals surface area contributed by atoms with E-state index in [-0.39, 0.29) is 5.95 Å². The molecule has 6 nitrogen and oxygen atoms in total. The Morgan fingerprint density at radius 1 is 1.30 bits per heavy atom. The zero-order valence-corrected chi connectivity index (χ0v) is 11.2. The molecule has 2 aromatic heterocycles. The van der Waals surface area contributed by atoms with Crippen molar-refractivity contribution in [2.24, 2.45) is 0 Å². The molecule has 0 radical (unpaired) electrons. The van der Waals surface area contributed by atoms with Gasteiger partial charge in [-0.1, -0.05) is 0 Å². The fourth-order valence-corrected chi connectivity index (χ4v) is 1.56. The summed E-state index contributed by atoms with van der Waals surface area (Å²) < 4.78 is 27.7. The highest BCUT2D eigenvalue weighted by Crippen LogP contribution is 2.17. The number of pyridine rings is 1. The predicted molar refractivity (Wildman–Crippen MR) is 67.1 cm³/mol. The van der Waals surface area contributed by atoms with Crippen molar-refractivity contribution < 1.29 is 13.6 Å². The molecular formula is C12H13F2N5O. The van der Waals surface area contributed by atoms with Crippen LogP contribution in [0.4, 0.5) is 14.7 Å². The maximum Gasteiger partial charge on any atom is 0.279 e. The zero-order valence-electron chi connectivity index (χ0n) is 11.2. The van der Waals surface area contributed by atoms with E-state index in [4.69, 9.17) is 0 Å². The fourth-order valence-electron chi connectivity index (χ4n) is 1.56. The molecule has 0 bridgehead atoms. The number of anilines is 1. The average Bonchev–Trinajstić information content (AvgIpc) is 2.76. The summed E-state index contributed by atoms with van der Waals surface area (Å²) in [6.07, 6.45) is 2.04. The molecular weight excluding hydrogens is 268 g/mol. The molecule has 2 aromatic rings. The van der Waals surface area contributed by atoms with E-state index in [1.807, 2.05) is 20.8 Å². The molecule has 106 valence electrons. The molecule has 0 aromatic carbocycles. The Morgan fingerprint density at radius 2 is 2.00 bits per heavy atom. The maximum absolute atomic E-state index is 13.5. The molecule has 0 aliphatic rings. The van der Waals surface area contributed by atoms with Crippen molar-refractivity contribution in [3.8, 4) is 0 Å². The van der Waals surface area contributed by atoms with Crippen LogP contribution in [-0.4, -0.2) is 25.7 Å². The van der Waals surface area contributed by atoms with Crippen molar-refractivity contribution in [1.29, 1.82) is 0 Å². The van der Waals surface area contributed by atoms with Gasteiger partial charge in [-0.25, -0.2) is 18.4 Å². The van der Waals surface area contributed by atoms with E-state index in [9.17, 15) is 13.6 Å². The van der Waals surface area contributed by atoms with Crippen LogP contribution in [0.5, 0.6) is 0 Å². The SMILES string of the molecule is CC(C)(C)n1ncnc1NC(=O)c1ncc(F)cc1F. The summed E-state index contributed by atoms with van der Waals surface area (Å²) in [7, 11) is 0. The first-order valence-corrected chi connectivity index (χ1v) is 5.82. The van der Waals surface area contributed by atoms with Crippen LogP contribution in [0.25, 0.3) is 0 Å². The van der Waals surface area contributed by atoms with E-state index in [0.29, 0.717) is 6.07 Å². The third-order valence-electron chi connectivity index (χ3n) is 2.43. The van der Waals surface area contributed by atoms with Gasteiger partial charge in [0.2, 0.25) is 5.95 Å². The lowest BCUT2D eigenvalue weighted by atomic mass is 10.1. The number of carbonyl (C=O) groups excluding carboxylic acids is 1. The van der Waals surface area contributed by atoms with Gasteiger partial charge in [-0.3, -0.25) is 10.1 Å². The van der Waals surface area contributed by atoms with Gasteiger partial charge in [0.15, 0.2) is 11.5 Å². The molecule has 0 aliphatic heterocycles. The number of halogens is 2. The van der Waals surface area contributed by atoms with Crippen LogP contribution in [-0.2, 0) is 5.54 Å². The van der Waals surface area contributed by atoms with Gasteiger partial charge < -0.3 is 0 Å². The van der Waals surface area contributed by atoms with Crippen LogP contribution >= 0.6 is 0 Å². The summed E-state index contributed by atoms with van der Waals surface area (Å²) in [6, 6.07) is 0.594. The second-order valence-corrected chi connectivity index (χ2v) is 5.10. The molecule has 2 heterocycles. The predicted octanol–water partition coefficient (Wildman–Crippen LogP) is 1.96. The summed E-state index contributed by atoms with van der Waals surface area (Å²) in [5.41, 5.74) is -0.914. The Labute approximate surface area is 113 Å². The molecule has 0 unspecified atom stereocenters. The number of hydrogen-bond acceptors (Lipinski definition) is 4. The normalized spacial score (nSPS) is 11.4. The van der Waals surface area contributed by atoms with E-state index in [1.165, 1.54) is 11.0 Å². The number of nitrogens with zero attached hydrogens (tertiary/aromatic N) is 4. The highest BCUT2D eigenvalue weighted by Gasteiger charge is 2.22. The molecule has 0 atom stereocenters. The van der Waals surface area contributed by atoms with Crippen LogP contribution in [0.15, 0.2) is 18.6 Å². The standard InChI is InChI=1S/C12H13F2N5O/c1-12(2,3)19-11(16-6-17-19)18-10(20)9-8(14)4-7(13)5-15-9/h4-6H,1-3H3,(H,16,17,18,20). The van der Waals surface area contributed by atoms with Crippen molar-refractivity contribution >= 4 is 11.9 Å². The smallest absolute Gasteiger partial charge is 0.279 e. The number of amides is 1. The molecule has 8 heteroatoms. The molecule has 0 spiro atoms. The van der Waals surface area contributed by atoms with E-state index in [0.717, 1.165) is 6.20 Å². The number of rotatable bonds is 2. The monoisotopic (exact) mass is 281 g/mol. The van der Waals surface area contributed by atoms with E-state index >= 15 is 0 Å². The van der Waals surface area contributed by atoms with Gasteiger partial charge in [0, 0.05) is 6.07 Å². The van der Waals surface area contributed by atoms with Crippen LogP contribution in [0, 0.1) is 11.6 Å². The first-order chi connectivity index (χ1) is 9.29. The first-order valence-electron chi connectivity index (χ1n) is 5.82. The third-order valence-corrected chi connectivity index (χ3v) is 2.43. The van der Waals surface area contributed by atoms with Crippen molar-refractivity contribution in [3.63, 3.8) is 0 Å². The summed E-state index contributed by atoms with van der Waals surface area (Å²) in [5.74, 6) is -2.55. The fraction of sp³-hybridized carbons (Fsp3) is 0.333. The molecule has 0 saturated carbocycles. The first kappa shape index (κ1) is 14.0. The van der Waals surface area contributed by atoms with E-state index in [1.54, 1.807) is 0 Å². The van der Waals surface area contributed by atoms with E-state index in [2.05, 4.69) is 20.4 Å². The summed E-state index contributed by atoms with van der Waals surface area (Å²) in [5, 5.41) is 6.39. The van der Waals surface area contributed by atoms with Crippen molar-refractivity contribution in [3.05, 3.63) is 35.9 Å². The Kier molecular flexibility index (Phi) is 3.47. The number of carbonyl (C=O) groups is 1. The number of nitrogens with one attached hydrogen (secondary N) is 1. The van der Waals surface area contributed by atoms with E-state index < -0.39 is 28.8 Å². The Balaban J connectivity index is 2.27. The van der Waals surface area contributed by atoms with Crippen molar-refractivity contribution in [2.75, 3.05) is 5.32 Å². The van der Waals surface area contributed by atoms with Gasteiger partial charge in [0.1, 0.15) is 12.1 Å². The maximum atomic E-state index is 13.5. The van der Waals surface area contributed by atoms with Gasteiger partial charge in [-0.15, -0.1) is 0 Å². The second-order valence-electron chi connectivity index (χ2n) is 5.10. The lowest BCUT2D eigenvalue weighted by Crippen LogP contribution is -2.27. The minimum absolute atomic E-state index is 0.160. The Hall–Kier alpha value is -2.38. The minimum atomic E-state index is -1.04. The zero-order chi connectivity index (χ0) is 14.9. The highest BCUT2D eigenvalue weighted by molar-refractivity contribution is 6.02.